The fourth-order valence-electron chi connectivity index (χ4n) is 6.86. The third kappa shape index (κ3) is 7.67. The number of hydrogen-bond donors (Lipinski definition) is 15. The van der Waals surface area contributed by atoms with Crippen molar-refractivity contribution >= 4 is 5.91 Å². The van der Waals surface area contributed by atoms with Crippen molar-refractivity contribution < 1.29 is 74.1 Å². The second-order valence-electron chi connectivity index (χ2n) is 13.7. The van der Waals surface area contributed by atoms with Gasteiger partial charge in [0.05, 0.1) is 24.7 Å². The maximum absolute atomic E-state index is 12.9. The van der Waals surface area contributed by atoms with Crippen LogP contribution in [-0.4, -0.2) is 201 Å². The molecular formula is C28H53N7O15. The summed E-state index contributed by atoms with van der Waals surface area (Å²) in [6.45, 7) is -0.811. The molecule has 0 spiro atoms. The van der Waals surface area contributed by atoms with Gasteiger partial charge in [0, 0.05) is 31.6 Å². The lowest BCUT2D eigenvalue weighted by atomic mass is 9.83. The van der Waals surface area contributed by atoms with E-state index in [1.54, 1.807) is 7.05 Å². The molecule has 5 fully saturated rings. The molecule has 0 radical (unpaired) electrons. The quantitative estimate of drug-likeness (QED) is 0.0887. The largest absolute Gasteiger partial charge is 0.394 e. The molecule has 3 saturated heterocycles. The number of ether oxygens (including phenoxy) is 6. The lowest BCUT2D eigenvalue weighted by Crippen LogP contribution is -2.69. The van der Waals surface area contributed by atoms with Crippen molar-refractivity contribution in [3.8, 4) is 0 Å². The average Bonchev–Trinajstić information content (AvgIpc) is 3.61. The van der Waals surface area contributed by atoms with E-state index in [0.29, 0.717) is 0 Å². The summed E-state index contributed by atoms with van der Waals surface area (Å²) in [5.74, 6) is -0.845. The van der Waals surface area contributed by atoms with Crippen LogP contribution in [0.4, 0.5) is 0 Å². The molecular weight excluding hydrogens is 674 g/mol. The molecule has 3 heterocycles. The molecule has 21 atom stereocenters. The van der Waals surface area contributed by atoms with Gasteiger partial charge in [-0.3, -0.25) is 4.79 Å². The zero-order chi connectivity index (χ0) is 36.8. The summed E-state index contributed by atoms with van der Waals surface area (Å²) in [7, 11) is 1.60. The highest BCUT2D eigenvalue weighted by Gasteiger charge is 2.59. The minimum absolute atomic E-state index is 0.000655. The van der Waals surface area contributed by atoms with E-state index >= 15 is 0 Å². The number of rotatable bonds is 12. The van der Waals surface area contributed by atoms with E-state index in [-0.39, 0.29) is 25.9 Å². The van der Waals surface area contributed by atoms with E-state index in [1.807, 2.05) is 0 Å². The van der Waals surface area contributed by atoms with Crippen LogP contribution in [0.1, 0.15) is 12.8 Å². The standard InChI is InChI=1S/C28H53N7O15/c1-34-5-10-17(39)19(41)14(33)25(46-10)48-21-7(30)2-8(35-27(43)28(44)3-12(28)31)15(37)23(21)50-26-20(42)22(11(6-36)47-26)49-24-13(32)18(40)16(38)9(4-29)45-24/h7-26,34,36-42,44H,2-6,29-33H2,1H3,(H,35,43)/t7-,8+,9-,10+,11+,12?,13+,14+,15-,16+,17+,18+,19+,20+,21+,22+,23+,24+,25+,26-,28?/m0/s1. The molecule has 2 saturated carbocycles. The first-order valence-electron chi connectivity index (χ1n) is 16.6. The van der Waals surface area contributed by atoms with Gasteiger partial charge in [-0.05, 0) is 13.5 Å². The molecule has 50 heavy (non-hydrogen) atoms. The highest BCUT2D eigenvalue weighted by atomic mass is 16.8. The van der Waals surface area contributed by atoms with Crippen LogP contribution in [0, 0.1) is 0 Å². The van der Waals surface area contributed by atoms with E-state index in [1.165, 1.54) is 0 Å². The number of carbonyl (C=O) groups excluding carboxylic acids is 1. The van der Waals surface area contributed by atoms with Gasteiger partial charge in [-0.2, -0.15) is 0 Å². The summed E-state index contributed by atoms with van der Waals surface area (Å²) in [6.07, 6.45) is -21.3. The van der Waals surface area contributed by atoms with Crippen LogP contribution in [0.3, 0.4) is 0 Å². The average molecular weight is 728 g/mol. The van der Waals surface area contributed by atoms with E-state index < -0.39 is 140 Å². The van der Waals surface area contributed by atoms with Gasteiger partial charge < -0.3 is 109 Å². The molecule has 290 valence electrons. The van der Waals surface area contributed by atoms with Crippen molar-refractivity contribution in [1.29, 1.82) is 0 Å². The zero-order valence-electron chi connectivity index (χ0n) is 27.4. The first-order chi connectivity index (χ1) is 23.6. The second-order valence-corrected chi connectivity index (χ2v) is 13.7. The van der Waals surface area contributed by atoms with Gasteiger partial charge in [-0.25, -0.2) is 0 Å². The minimum atomic E-state index is -1.84. The number of nitrogens with one attached hydrogen (secondary N) is 2. The molecule has 22 nitrogen and oxygen atoms in total. The molecule has 20 N–H and O–H groups in total. The van der Waals surface area contributed by atoms with E-state index in [4.69, 9.17) is 57.1 Å². The Kier molecular flexibility index (Phi) is 12.7. The van der Waals surface area contributed by atoms with Crippen LogP contribution in [0.25, 0.3) is 0 Å². The van der Waals surface area contributed by atoms with Crippen LogP contribution in [0.5, 0.6) is 0 Å². The normalized spacial score (nSPS) is 52.5. The number of hydrogen-bond acceptors (Lipinski definition) is 21. The van der Waals surface area contributed by atoms with Gasteiger partial charge in [0.2, 0.25) is 0 Å². The summed E-state index contributed by atoms with van der Waals surface area (Å²) in [5, 5.41) is 90.6. The van der Waals surface area contributed by atoms with E-state index in [2.05, 4.69) is 10.6 Å². The Hall–Kier alpha value is -1.33. The molecule has 2 aliphatic carbocycles. The summed E-state index contributed by atoms with van der Waals surface area (Å²) in [6, 6.07) is -5.58. The molecule has 0 aromatic carbocycles. The predicted molar refractivity (Wildman–Crippen MR) is 165 cm³/mol. The number of carbonyl (C=O) groups is 1. The molecule has 22 heteroatoms. The highest BCUT2D eigenvalue weighted by Crippen LogP contribution is 2.37. The van der Waals surface area contributed by atoms with Crippen LogP contribution < -0.4 is 39.3 Å². The third-order valence-electron chi connectivity index (χ3n) is 10.2. The van der Waals surface area contributed by atoms with E-state index in [0.717, 1.165) is 0 Å². The van der Waals surface area contributed by atoms with Gasteiger partial charge in [0.25, 0.3) is 5.91 Å². The maximum atomic E-state index is 12.9. The lowest BCUT2D eigenvalue weighted by Gasteiger charge is -2.48. The first-order valence-corrected chi connectivity index (χ1v) is 16.6. The highest BCUT2D eigenvalue weighted by molar-refractivity contribution is 5.89. The molecule has 1 amide bonds. The summed E-state index contributed by atoms with van der Waals surface area (Å²) in [4.78, 5) is 12.9. The SMILES string of the molecule is CNC[C@H]1O[C@H](O[C@H]2[C@H](O[C@@H]3O[C@H](CO)[C@@H](O[C@H]4O[C@@H](CN)[C@@H](O)[C@H](O)[C@H]4N)[C@H]3O)[C@@H](O)[C@H](NC(=O)C3(O)CC3N)C[C@@H]2N)[C@H](N)[C@@H](O)[C@@H]1O. The van der Waals surface area contributed by atoms with Crippen molar-refractivity contribution in [2.24, 2.45) is 28.7 Å². The Balaban J connectivity index is 1.37. The number of aliphatic hydroxyl groups is 8. The van der Waals surface area contributed by atoms with Crippen molar-refractivity contribution in [2.75, 3.05) is 26.7 Å². The van der Waals surface area contributed by atoms with Crippen molar-refractivity contribution in [2.45, 2.75) is 141 Å². The molecule has 5 rings (SSSR count). The molecule has 0 bridgehead atoms. The number of aliphatic hydroxyl groups excluding tert-OH is 7. The minimum Gasteiger partial charge on any atom is -0.394 e. The first kappa shape index (κ1) is 39.9. The Morgan fingerprint density at radius 1 is 0.760 bits per heavy atom. The van der Waals surface area contributed by atoms with Crippen LogP contribution in [0.2, 0.25) is 0 Å². The van der Waals surface area contributed by atoms with Crippen molar-refractivity contribution in [1.82, 2.24) is 10.6 Å². The summed E-state index contributed by atoms with van der Waals surface area (Å²) >= 11 is 0. The van der Waals surface area contributed by atoms with Crippen LogP contribution >= 0.6 is 0 Å². The summed E-state index contributed by atoms with van der Waals surface area (Å²) < 4.78 is 35.3. The fraction of sp³-hybridized carbons (Fsp3) is 0.964. The van der Waals surface area contributed by atoms with E-state index in [9.17, 15) is 45.6 Å². The molecule has 2 unspecified atom stereocenters. The Morgan fingerprint density at radius 3 is 1.82 bits per heavy atom. The number of nitrogens with two attached hydrogens (primary N) is 5. The van der Waals surface area contributed by atoms with Gasteiger partial charge in [-0.1, -0.05) is 0 Å². The Labute approximate surface area is 287 Å². The second kappa shape index (κ2) is 16.0. The number of amides is 1. The zero-order valence-corrected chi connectivity index (χ0v) is 27.4. The summed E-state index contributed by atoms with van der Waals surface area (Å²) in [5.41, 5.74) is 28.2. The van der Waals surface area contributed by atoms with Crippen LogP contribution in [-0.2, 0) is 33.2 Å². The predicted octanol–water partition coefficient (Wildman–Crippen LogP) is -10.0. The van der Waals surface area contributed by atoms with Gasteiger partial charge in [0.15, 0.2) is 24.5 Å². The maximum Gasteiger partial charge on any atom is 0.253 e. The van der Waals surface area contributed by atoms with Gasteiger partial charge >= 0.3 is 0 Å². The Bertz CT molecular complexity index is 1150. The smallest absolute Gasteiger partial charge is 0.253 e. The van der Waals surface area contributed by atoms with Gasteiger partial charge in [-0.15, -0.1) is 0 Å². The van der Waals surface area contributed by atoms with Crippen molar-refractivity contribution in [3.05, 3.63) is 0 Å². The van der Waals surface area contributed by atoms with Crippen LogP contribution in [0.15, 0.2) is 0 Å². The molecule has 0 aromatic rings. The fourth-order valence-corrected chi connectivity index (χ4v) is 6.86. The van der Waals surface area contributed by atoms with Crippen molar-refractivity contribution in [3.63, 3.8) is 0 Å². The lowest BCUT2D eigenvalue weighted by molar-refractivity contribution is -0.307. The Morgan fingerprint density at radius 2 is 1.28 bits per heavy atom. The molecule has 0 aromatic heterocycles. The topological polar surface area (TPSA) is 388 Å². The third-order valence-corrected chi connectivity index (χ3v) is 10.2. The molecule has 5 aliphatic rings. The number of likely N-dealkylation sites (N-methyl/N-ethyl adjacent to an activating group) is 1. The van der Waals surface area contributed by atoms with Gasteiger partial charge in [0.1, 0.15) is 73.2 Å². The molecule has 3 aliphatic heterocycles. The monoisotopic (exact) mass is 727 g/mol.